The van der Waals surface area contributed by atoms with Crippen LogP contribution in [0, 0.1) is 5.92 Å². The molecule has 10 nitrogen and oxygen atoms in total. The number of hydrogen-bond acceptors (Lipinski definition) is 7. The number of esters is 1. The molecule has 3 amide bonds. The molecule has 0 aliphatic heterocycles. The number of hydrogen-bond donors (Lipinski definition) is 3. The molecule has 1 aliphatic rings. The molecule has 10 heteroatoms. The van der Waals surface area contributed by atoms with E-state index in [9.17, 15) is 24.0 Å². The molecule has 0 saturated carbocycles. The Morgan fingerprint density at radius 3 is 1.64 bits per heavy atom. The van der Waals surface area contributed by atoms with Crippen LogP contribution in [-0.4, -0.2) is 60.5 Å². The van der Waals surface area contributed by atoms with Gasteiger partial charge in [-0.15, -0.1) is 0 Å². The van der Waals surface area contributed by atoms with Crippen LogP contribution in [0.15, 0.2) is 48.5 Å². The second kappa shape index (κ2) is 26.0. The summed E-state index contributed by atoms with van der Waals surface area (Å²) in [6, 6.07) is 15.1. The van der Waals surface area contributed by atoms with Crippen molar-refractivity contribution < 1.29 is 33.4 Å². The first-order valence-electron chi connectivity index (χ1n) is 22.2. The minimum Gasteiger partial charge on any atom is -0.458 e. The van der Waals surface area contributed by atoms with Crippen LogP contribution in [-0.2, 0) is 28.7 Å². The number of carbonyl (C=O) groups excluding carboxylic acids is 5. The van der Waals surface area contributed by atoms with Crippen molar-refractivity contribution >= 4 is 29.7 Å². The van der Waals surface area contributed by atoms with Gasteiger partial charge in [-0.05, 0) is 94.4 Å². The Kier molecular flexibility index (Phi) is 21.6. The van der Waals surface area contributed by atoms with Gasteiger partial charge < -0.3 is 25.4 Å². The Balaban J connectivity index is 1.12. The molecule has 0 spiro atoms. The molecule has 2 atom stereocenters. The van der Waals surface area contributed by atoms with Crippen molar-refractivity contribution in [3.8, 4) is 11.1 Å². The summed E-state index contributed by atoms with van der Waals surface area (Å²) in [4.78, 5) is 62.3. The Morgan fingerprint density at radius 2 is 1.14 bits per heavy atom. The van der Waals surface area contributed by atoms with Gasteiger partial charge >= 0.3 is 12.1 Å². The molecule has 58 heavy (non-hydrogen) atoms. The summed E-state index contributed by atoms with van der Waals surface area (Å²) < 4.78 is 11.1. The van der Waals surface area contributed by atoms with Gasteiger partial charge in [0.15, 0.2) is 5.78 Å². The van der Waals surface area contributed by atoms with Gasteiger partial charge in [-0.1, -0.05) is 127 Å². The van der Waals surface area contributed by atoms with E-state index in [1.54, 1.807) is 0 Å². The van der Waals surface area contributed by atoms with Gasteiger partial charge in [0.1, 0.15) is 18.2 Å². The number of fused-ring (bicyclic) bond motifs is 3. The minimum absolute atomic E-state index is 0.0411. The van der Waals surface area contributed by atoms with Crippen molar-refractivity contribution in [1.82, 2.24) is 16.0 Å². The van der Waals surface area contributed by atoms with Crippen molar-refractivity contribution in [1.29, 1.82) is 0 Å². The second-order valence-corrected chi connectivity index (χ2v) is 17.5. The van der Waals surface area contributed by atoms with Gasteiger partial charge in [0, 0.05) is 25.3 Å². The molecule has 0 bridgehead atoms. The third-order valence-electron chi connectivity index (χ3n) is 10.7. The smallest absolute Gasteiger partial charge is 0.407 e. The van der Waals surface area contributed by atoms with Gasteiger partial charge in [-0.25, -0.2) is 9.59 Å². The summed E-state index contributed by atoms with van der Waals surface area (Å²) in [5.41, 5.74) is 4.03. The van der Waals surface area contributed by atoms with E-state index in [0.29, 0.717) is 38.6 Å². The lowest BCUT2D eigenvalue weighted by atomic mass is 9.98. The molecule has 3 N–H and O–H groups in total. The van der Waals surface area contributed by atoms with E-state index in [1.165, 1.54) is 45.4 Å². The number of nitrogens with one attached hydrogen (secondary N) is 3. The number of unbranched alkanes of at least 4 members (excludes halogenated alkanes) is 12. The number of ether oxygens (including phenoxy) is 2. The zero-order valence-electron chi connectivity index (χ0n) is 36.4. The topological polar surface area (TPSA) is 140 Å². The largest absolute Gasteiger partial charge is 0.458 e. The molecule has 2 aromatic carbocycles. The molecule has 2 aromatic rings. The van der Waals surface area contributed by atoms with E-state index in [1.807, 2.05) is 58.9 Å². The number of ketones is 1. The Hall–Kier alpha value is -4.21. The molecule has 1 aliphatic carbocycles. The zero-order valence-corrected chi connectivity index (χ0v) is 36.4. The zero-order chi connectivity index (χ0) is 42.3. The number of carbonyl (C=O) groups is 5. The average Bonchev–Trinajstić information content (AvgIpc) is 3.48. The van der Waals surface area contributed by atoms with E-state index in [4.69, 9.17) is 9.47 Å². The summed E-state index contributed by atoms with van der Waals surface area (Å²) in [6.45, 7) is 11.8. The third-order valence-corrected chi connectivity index (χ3v) is 10.7. The van der Waals surface area contributed by atoms with Crippen molar-refractivity contribution in [3.63, 3.8) is 0 Å². The van der Waals surface area contributed by atoms with Crippen LogP contribution in [0.5, 0.6) is 0 Å². The molecule has 322 valence electrons. The number of alkyl carbamates (subject to hydrolysis) is 1. The molecule has 0 aromatic heterocycles. The van der Waals surface area contributed by atoms with E-state index >= 15 is 0 Å². The highest BCUT2D eigenvalue weighted by Crippen LogP contribution is 2.44. The lowest BCUT2D eigenvalue weighted by Gasteiger charge is -2.25. The van der Waals surface area contributed by atoms with Crippen LogP contribution in [0.3, 0.4) is 0 Å². The predicted octanol–water partition coefficient (Wildman–Crippen LogP) is 10.1. The maximum atomic E-state index is 12.7. The van der Waals surface area contributed by atoms with Gasteiger partial charge in [0.2, 0.25) is 11.8 Å². The Labute approximate surface area is 348 Å². The van der Waals surface area contributed by atoms with Gasteiger partial charge in [-0.2, -0.15) is 0 Å². The maximum absolute atomic E-state index is 12.7. The molecule has 0 saturated heterocycles. The fraction of sp³-hybridized carbons (Fsp3) is 0.646. The fourth-order valence-electron chi connectivity index (χ4n) is 7.61. The lowest BCUT2D eigenvalue weighted by molar-refractivity contribution is -0.159. The normalized spacial score (nSPS) is 13.3. The highest BCUT2D eigenvalue weighted by Gasteiger charge is 2.30. The van der Waals surface area contributed by atoms with Crippen LogP contribution < -0.4 is 16.0 Å². The predicted molar refractivity (Wildman–Crippen MR) is 231 cm³/mol. The molecule has 0 radical (unpaired) electrons. The third kappa shape index (κ3) is 18.6. The summed E-state index contributed by atoms with van der Waals surface area (Å²) in [5, 5.41) is 8.65. The number of rotatable bonds is 28. The van der Waals surface area contributed by atoms with E-state index in [0.717, 1.165) is 67.2 Å². The van der Waals surface area contributed by atoms with E-state index < -0.39 is 23.8 Å². The van der Waals surface area contributed by atoms with E-state index in [2.05, 4.69) is 40.2 Å². The number of amides is 3. The van der Waals surface area contributed by atoms with Gasteiger partial charge in [0.25, 0.3) is 0 Å². The highest BCUT2D eigenvalue weighted by molar-refractivity contribution is 5.86. The van der Waals surface area contributed by atoms with Crippen LogP contribution in [0.25, 0.3) is 11.1 Å². The lowest BCUT2D eigenvalue weighted by Crippen LogP contribution is -2.44. The minimum atomic E-state index is -0.619. The van der Waals surface area contributed by atoms with Crippen molar-refractivity contribution in [2.24, 2.45) is 5.92 Å². The summed E-state index contributed by atoms with van der Waals surface area (Å²) in [5.74, 6) is -0.243. The molecular weight excluding hydrogens is 731 g/mol. The standard InChI is InChI=1S/C48H73N3O7/c1-35(2)33-43(46(55)58-48(4,5)6)50-45(54)31-18-16-14-12-10-8-7-9-11-13-15-17-30-44(53)49-32-24-23-29-42(36(3)52)51-47(56)57-34-41-39-27-21-19-25-37(39)38-26-20-22-28-40(38)41/h19-22,25-28,35,41-43H,7-18,23-24,29-34H2,1-6H3,(H,49,53)(H,50,54)(H,51,56). The molecule has 2 unspecified atom stereocenters. The molecule has 0 heterocycles. The second-order valence-electron chi connectivity index (χ2n) is 17.5. The Bertz CT molecular complexity index is 1540. The monoisotopic (exact) mass is 804 g/mol. The van der Waals surface area contributed by atoms with Gasteiger partial charge in [-0.3, -0.25) is 14.4 Å². The average molecular weight is 804 g/mol. The SMILES string of the molecule is CC(=O)C(CCCCNC(=O)CCCCCCCCCCCCCCC(=O)NC(CC(C)C)C(=O)OC(C)(C)C)NC(=O)OCC1c2ccccc2-c2ccccc21. The first kappa shape index (κ1) is 48.2. The highest BCUT2D eigenvalue weighted by atomic mass is 16.6. The van der Waals surface area contributed by atoms with E-state index in [-0.39, 0.29) is 42.0 Å². The quantitative estimate of drug-likeness (QED) is 0.0575. The molecule has 3 rings (SSSR count). The van der Waals surface area contributed by atoms with Crippen LogP contribution >= 0.6 is 0 Å². The maximum Gasteiger partial charge on any atom is 0.407 e. The molecule has 0 fully saturated rings. The van der Waals surface area contributed by atoms with Crippen molar-refractivity contribution in [2.75, 3.05) is 13.2 Å². The van der Waals surface area contributed by atoms with Crippen LogP contribution in [0.2, 0.25) is 0 Å². The van der Waals surface area contributed by atoms with Gasteiger partial charge in [0.05, 0.1) is 6.04 Å². The Morgan fingerprint density at radius 1 is 0.638 bits per heavy atom. The van der Waals surface area contributed by atoms with Crippen molar-refractivity contribution in [3.05, 3.63) is 59.7 Å². The first-order chi connectivity index (χ1) is 27.7. The molecular formula is C48H73N3O7. The fourth-order valence-corrected chi connectivity index (χ4v) is 7.61. The van der Waals surface area contributed by atoms with Crippen LogP contribution in [0.1, 0.15) is 174 Å². The summed E-state index contributed by atoms with van der Waals surface area (Å²) in [6.07, 6.45) is 16.2. The number of Topliss-reactive ketones (excluding diaryl/α,β-unsaturated/α-hetero) is 1. The summed E-state index contributed by atoms with van der Waals surface area (Å²) in [7, 11) is 0. The van der Waals surface area contributed by atoms with Crippen molar-refractivity contribution in [2.45, 2.75) is 181 Å². The van der Waals surface area contributed by atoms with Crippen LogP contribution in [0.4, 0.5) is 4.79 Å². The first-order valence-corrected chi connectivity index (χ1v) is 22.2. The summed E-state index contributed by atoms with van der Waals surface area (Å²) >= 11 is 0. The number of benzene rings is 2.